The number of nitrogens with zero attached hydrogens (tertiary/aromatic N) is 2. The van der Waals surface area contributed by atoms with Crippen LogP contribution in [0.4, 0.5) is 10.1 Å². The molecule has 0 spiro atoms. The quantitative estimate of drug-likeness (QED) is 0.655. The van der Waals surface area contributed by atoms with Crippen molar-refractivity contribution in [2.45, 2.75) is 38.2 Å². The van der Waals surface area contributed by atoms with Crippen LogP contribution in [0.2, 0.25) is 0 Å². The van der Waals surface area contributed by atoms with E-state index in [1.807, 2.05) is 29.1 Å². The highest BCUT2D eigenvalue weighted by molar-refractivity contribution is 5.89. The van der Waals surface area contributed by atoms with Gasteiger partial charge in [0.05, 0.1) is 29.8 Å². The molecule has 1 aromatic heterocycles. The minimum absolute atomic E-state index is 0.0705. The average molecular weight is 417 g/mol. The third-order valence-corrected chi connectivity index (χ3v) is 6.21. The lowest BCUT2D eigenvalue weighted by molar-refractivity contribution is -0.114. The molecule has 1 atom stereocenters. The van der Waals surface area contributed by atoms with E-state index < -0.39 is 0 Å². The molecule has 2 aromatic carbocycles. The largest absolute Gasteiger partial charge is 0.370 e. The molecule has 1 aliphatic carbocycles. The summed E-state index contributed by atoms with van der Waals surface area (Å²) in [4.78, 5) is 11.6. The number of aryl methyl sites for hydroxylation is 1. The molecule has 1 fully saturated rings. The van der Waals surface area contributed by atoms with Crippen LogP contribution in [0.25, 0.3) is 11.8 Å². The maximum absolute atomic E-state index is 13.3. The molecule has 0 radical (unpaired) electrons. The molecular formula is C25H24FN3O2. The Labute approximate surface area is 180 Å². The first-order chi connectivity index (χ1) is 15.0. The van der Waals surface area contributed by atoms with Gasteiger partial charge in [0, 0.05) is 24.6 Å². The Morgan fingerprint density at radius 3 is 2.84 bits per heavy atom. The van der Waals surface area contributed by atoms with E-state index >= 15 is 0 Å². The summed E-state index contributed by atoms with van der Waals surface area (Å²) in [7, 11) is 0. The van der Waals surface area contributed by atoms with Crippen molar-refractivity contribution in [3.8, 4) is 5.69 Å². The molecule has 0 saturated carbocycles. The van der Waals surface area contributed by atoms with Gasteiger partial charge >= 0.3 is 0 Å². The molecule has 1 unspecified atom stereocenters. The van der Waals surface area contributed by atoms with E-state index in [9.17, 15) is 9.18 Å². The summed E-state index contributed by atoms with van der Waals surface area (Å²) < 4.78 is 21.5. The molecule has 3 aromatic rings. The molecular weight excluding hydrogens is 393 g/mol. The summed E-state index contributed by atoms with van der Waals surface area (Å²) in [6.45, 7) is 2.23. The molecule has 6 heteroatoms. The van der Waals surface area contributed by atoms with Crippen molar-refractivity contribution >= 4 is 17.7 Å². The Morgan fingerprint density at radius 2 is 2.03 bits per heavy atom. The van der Waals surface area contributed by atoms with Crippen LogP contribution in [0.3, 0.4) is 0 Å². The van der Waals surface area contributed by atoms with E-state index in [0.717, 1.165) is 53.9 Å². The normalized spacial score (nSPS) is 19.5. The molecule has 2 heterocycles. The lowest BCUT2D eigenvalue weighted by atomic mass is 9.78. The Balaban J connectivity index is 1.42. The smallest absolute Gasteiger partial charge is 0.221 e. The van der Waals surface area contributed by atoms with E-state index in [-0.39, 0.29) is 17.3 Å². The monoisotopic (exact) mass is 417 g/mol. The first-order valence-corrected chi connectivity index (χ1v) is 10.6. The van der Waals surface area contributed by atoms with Crippen LogP contribution in [0.5, 0.6) is 0 Å². The van der Waals surface area contributed by atoms with Gasteiger partial charge in [0.15, 0.2) is 0 Å². The Hall–Kier alpha value is -3.25. The fourth-order valence-electron chi connectivity index (χ4n) is 4.70. The maximum Gasteiger partial charge on any atom is 0.221 e. The van der Waals surface area contributed by atoms with Crippen LogP contribution in [-0.2, 0) is 22.4 Å². The number of rotatable bonds is 5. The van der Waals surface area contributed by atoms with Gasteiger partial charge in [-0.05, 0) is 66.8 Å². The van der Waals surface area contributed by atoms with Gasteiger partial charge in [0.1, 0.15) is 5.82 Å². The van der Waals surface area contributed by atoms with Gasteiger partial charge in [0.2, 0.25) is 5.91 Å². The number of para-hydroxylation sites is 1. The van der Waals surface area contributed by atoms with Crippen LogP contribution in [0.15, 0.2) is 60.3 Å². The SMILES string of the molecule is CC(=O)Nc1ccccc1CCC12Cc3cnn(-c4ccc(F)cc4)c3C=C1CCO2. The molecule has 1 aliphatic heterocycles. The Morgan fingerprint density at radius 1 is 1.23 bits per heavy atom. The number of carbonyl (C=O) groups excluding carboxylic acids is 1. The zero-order chi connectivity index (χ0) is 21.4. The molecule has 1 amide bonds. The van der Waals surface area contributed by atoms with E-state index in [1.165, 1.54) is 24.6 Å². The second-order valence-electron chi connectivity index (χ2n) is 8.22. The molecule has 1 N–H and O–H groups in total. The summed E-state index contributed by atoms with van der Waals surface area (Å²) in [5.74, 6) is -0.329. The number of halogens is 1. The van der Waals surface area contributed by atoms with Gasteiger partial charge in [-0.1, -0.05) is 18.2 Å². The van der Waals surface area contributed by atoms with E-state index in [1.54, 1.807) is 12.1 Å². The van der Waals surface area contributed by atoms with Gasteiger partial charge in [-0.2, -0.15) is 5.10 Å². The van der Waals surface area contributed by atoms with Gasteiger partial charge in [0.25, 0.3) is 0 Å². The number of nitrogens with one attached hydrogen (secondary N) is 1. The summed E-state index contributed by atoms with van der Waals surface area (Å²) in [5, 5.41) is 7.49. The van der Waals surface area contributed by atoms with Crippen LogP contribution >= 0.6 is 0 Å². The Kier molecular flexibility index (Phi) is 4.94. The zero-order valence-corrected chi connectivity index (χ0v) is 17.4. The molecule has 31 heavy (non-hydrogen) atoms. The first-order valence-electron chi connectivity index (χ1n) is 10.6. The van der Waals surface area contributed by atoms with E-state index in [4.69, 9.17) is 4.74 Å². The maximum atomic E-state index is 13.3. The van der Waals surface area contributed by atoms with Crippen molar-refractivity contribution in [1.82, 2.24) is 9.78 Å². The number of carbonyl (C=O) groups is 1. The fraction of sp³-hybridized carbons (Fsp3) is 0.280. The van der Waals surface area contributed by atoms with Crippen LogP contribution < -0.4 is 5.32 Å². The number of anilines is 1. The minimum Gasteiger partial charge on any atom is -0.370 e. The molecule has 2 aliphatic rings. The average Bonchev–Trinajstić information content (AvgIpc) is 3.35. The van der Waals surface area contributed by atoms with Crippen LogP contribution in [0.1, 0.15) is 36.6 Å². The van der Waals surface area contributed by atoms with Gasteiger partial charge < -0.3 is 10.1 Å². The Bertz CT molecular complexity index is 1170. The summed E-state index contributed by atoms with van der Waals surface area (Å²) in [6, 6.07) is 14.3. The highest BCUT2D eigenvalue weighted by atomic mass is 19.1. The van der Waals surface area contributed by atoms with Crippen molar-refractivity contribution in [3.63, 3.8) is 0 Å². The predicted molar refractivity (Wildman–Crippen MR) is 118 cm³/mol. The van der Waals surface area contributed by atoms with Crippen LogP contribution in [0, 0.1) is 5.82 Å². The predicted octanol–water partition coefficient (Wildman–Crippen LogP) is 4.70. The third kappa shape index (κ3) is 3.68. The molecule has 5 nitrogen and oxygen atoms in total. The van der Waals surface area contributed by atoms with Gasteiger partial charge in [-0.25, -0.2) is 9.07 Å². The molecule has 5 rings (SSSR count). The number of hydrogen-bond acceptors (Lipinski definition) is 3. The fourth-order valence-corrected chi connectivity index (χ4v) is 4.70. The summed E-state index contributed by atoms with van der Waals surface area (Å²) in [6.07, 6.45) is 7.37. The second-order valence-corrected chi connectivity index (χ2v) is 8.22. The highest BCUT2D eigenvalue weighted by Gasteiger charge is 2.43. The van der Waals surface area contributed by atoms with Crippen molar-refractivity contribution < 1.29 is 13.9 Å². The summed E-state index contributed by atoms with van der Waals surface area (Å²) in [5.41, 5.74) is 5.92. The van der Waals surface area contributed by atoms with E-state index in [0.29, 0.717) is 6.61 Å². The lowest BCUT2D eigenvalue weighted by Gasteiger charge is -2.33. The second kappa shape index (κ2) is 7.78. The van der Waals surface area contributed by atoms with Gasteiger partial charge in [-0.3, -0.25) is 4.79 Å². The first kappa shape index (κ1) is 19.7. The van der Waals surface area contributed by atoms with Crippen molar-refractivity contribution in [1.29, 1.82) is 0 Å². The number of fused-ring (bicyclic) bond motifs is 2. The molecule has 1 saturated heterocycles. The summed E-state index contributed by atoms with van der Waals surface area (Å²) >= 11 is 0. The third-order valence-electron chi connectivity index (χ3n) is 6.21. The molecule has 158 valence electrons. The number of ether oxygens (including phenoxy) is 1. The van der Waals surface area contributed by atoms with Crippen molar-refractivity contribution in [2.24, 2.45) is 0 Å². The zero-order valence-electron chi connectivity index (χ0n) is 17.4. The van der Waals surface area contributed by atoms with Crippen molar-refractivity contribution in [3.05, 3.63) is 82.9 Å². The van der Waals surface area contributed by atoms with Gasteiger partial charge in [-0.15, -0.1) is 0 Å². The van der Waals surface area contributed by atoms with E-state index in [2.05, 4.69) is 22.6 Å². The topological polar surface area (TPSA) is 56.2 Å². The highest BCUT2D eigenvalue weighted by Crippen LogP contribution is 2.44. The number of aromatic nitrogens is 2. The number of amides is 1. The molecule has 0 bridgehead atoms. The number of hydrogen-bond donors (Lipinski definition) is 1. The minimum atomic E-state index is -0.340. The standard InChI is InChI=1S/C25H24FN3O2/c1-17(30)28-23-5-3-2-4-18(23)10-12-25-15-19-16-27-29(22-8-6-21(26)7-9-22)24(19)14-20(25)11-13-31-25/h2-9,14,16H,10-13,15H2,1H3,(H,28,30). The van der Waals surface area contributed by atoms with Crippen molar-refractivity contribution in [2.75, 3.05) is 11.9 Å². The number of benzene rings is 2. The van der Waals surface area contributed by atoms with Crippen LogP contribution in [-0.4, -0.2) is 27.9 Å². The lowest BCUT2D eigenvalue weighted by Crippen LogP contribution is -2.35.